The van der Waals surface area contributed by atoms with Gasteiger partial charge in [-0.15, -0.1) is 0 Å². The third-order valence-electron chi connectivity index (χ3n) is 4.44. The number of carbonyl (C=O) groups is 2. The molecule has 0 spiro atoms. The summed E-state index contributed by atoms with van der Waals surface area (Å²) in [5.74, 6) is 0.226. The van der Waals surface area contributed by atoms with Crippen molar-refractivity contribution in [2.45, 2.75) is 38.6 Å². The predicted octanol–water partition coefficient (Wildman–Crippen LogP) is 2.78. The fourth-order valence-corrected chi connectivity index (χ4v) is 3.46. The molecular weight excluding hydrogens is 332 g/mol. The van der Waals surface area contributed by atoms with Crippen molar-refractivity contribution in [2.75, 3.05) is 11.4 Å². The lowest BCUT2D eigenvalue weighted by atomic mass is 9.94. The van der Waals surface area contributed by atoms with Crippen LogP contribution in [0.3, 0.4) is 0 Å². The van der Waals surface area contributed by atoms with Gasteiger partial charge in [0, 0.05) is 17.4 Å². The molecule has 1 aromatic carbocycles. The lowest BCUT2D eigenvalue weighted by molar-refractivity contribution is -0.130. The molecule has 1 N–H and O–H groups in total. The van der Waals surface area contributed by atoms with Crippen molar-refractivity contribution in [1.82, 2.24) is 5.32 Å². The van der Waals surface area contributed by atoms with Crippen LogP contribution in [0.5, 0.6) is 0 Å². The Labute approximate surface area is 133 Å². The SMILES string of the molecule is Cc1ccc(Br)c(N2CCC(=O)NC(C)(C3CC3)C2=O)c1. The lowest BCUT2D eigenvalue weighted by Gasteiger charge is -2.32. The van der Waals surface area contributed by atoms with Crippen LogP contribution in [0.4, 0.5) is 5.69 Å². The van der Waals surface area contributed by atoms with E-state index >= 15 is 0 Å². The maximum absolute atomic E-state index is 13.0. The van der Waals surface area contributed by atoms with E-state index in [0.29, 0.717) is 13.0 Å². The molecule has 1 unspecified atom stereocenters. The monoisotopic (exact) mass is 350 g/mol. The third kappa shape index (κ3) is 2.59. The van der Waals surface area contributed by atoms with Gasteiger partial charge in [-0.2, -0.15) is 0 Å². The summed E-state index contributed by atoms with van der Waals surface area (Å²) in [4.78, 5) is 26.8. The highest BCUT2D eigenvalue weighted by molar-refractivity contribution is 9.10. The summed E-state index contributed by atoms with van der Waals surface area (Å²) in [6, 6.07) is 5.94. The Morgan fingerprint density at radius 1 is 1.33 bits per heavy atom. The van der Waals surface area contributed by atoms with Gasteiger partial charge < -0.3 is 10.2 Å². The second-order valence-corrected chi connectivity index (χ2v) is 7.04. The Hall–Kier alpha value is -1.36. The number of amides is 2. The molecule has 1 atom stereocenters. The molecule has 2 fully saturated rings. The molecule has 3 rings (SSSR count). The molecule has 1 heterocycles. The van der Waals surface area contributed by atoms with Crippen LogP contribution in [0.25, 0.3) is 0 Å². The average Bonchev–Trinajstić information content (AvgIpc) is 3.26. The number of carbonyl (C=O) groups excluding carboxylic acids is 2. The van der Waals surface area contributed by atoms with E-state index in [-0.39, 0.29) is 17.7 Å². The first kappa shape index (κ1) is 14.6. The highest BCUT2D eigenvalue weighted by Gasteiger charge is 2.51. The number of rotatable bonds is 2. The van der Waals surface area contributed by atoms with Gasteiger partial charge in [0.1, 0.15) is 5.54 Å². The van der Waals surface area contributed by atoms with Crippen LogP contribution in [0.15, 0.2) is 22.7 Å². The Morgan fingerprint density at radius 3 is 2.71 bits per heavy atom. The normalized spacial score (nSPS) is 26.5. The zero-order valence-corrected chi connectivity index (χ0v) is 13.9. The standard InChI is InChI=1S/C16H19BrN2O2/c1-10-3-6-12(17)13(9-10)19-8-7-14(20)18-16(2,15(19)21)11-4-5-11/h3,6,9,11H,4-5,7-8H2,1-2H3,(H,18,20). The summed E-state index contributed by atoms with van der Waals surface area (Å²) < 4.78 is 0.883. The van der Waals surface area contributed by atoms with E-state index in [9.17, 15) is 9.59 Å². The van der Waals surface area contributed by atoms with Crippen LogP contribution in [-0.2, 0) is 9.59 Å². The lowest BCUT2D eigenvalue weighted by Crippen LogP contribution is -2.57. The summed E-state index contributed by atoms with van der Waals surface area (Å²) in [7, 11) is 0. The average molecular weight is 351 g/mol. The summed E-state index contributed by atoms with van der Waals surface area (Å²) >= 11 is 3.53. The highest BCUT2D eigenvalue weighted by atomic mass is 79.9. The number of nitrogens with zero attached hydrogens (tertiary/aromatic N) is 1. The first-order valence-corrected chi connectivity index (χ1v) is 8.10. The molecule has 1 saturated heterocycles. The minimum Gasteiger partial charge on any atom is -0.342 e. The van der Waals surface area contributed by atoms with E-state index < -0.39 is 5.54 Å². The fourth-order valence-electron chi connectivity index (χ4n) is 3.00. The molecule has 1 aliphatic carbocycles. The molecule has 1 aliphatic heterocycles. The number of halogens is 1. The second kappa shape index (κ2) is 5.13. The number of anilines is 1. The maximum Gasteiger partial charge on any atom is 0.252 e. The molecule has 0 bridgehead atoms. The summed E-state index contributed by atoms with van der Waals surface area (Å²) in [6.45, 7) is 4.30. The van der Waals surface area contributed by atoms with Crippen LogP contribution in [0.1, 0.15) is 31.7 Å². The van der Waals surface area contributed by atoms with E-state index in [1.54, 1.807) is 4.90 Å². The smallest absolute Gasteiger partial charge is 0.252 e. The van der Waals surface area contributed by atoms with Gasteiger partial charge in [-0.1, -0.05) is 6.07 Å². The summed E-state index contributed by atoms with van der Waals surface area (Å²) in [5, 5.41) is 2.96. The molecule has 2 amide bonds. The van der Waals surface area contributed by atoms with Crippen molar-refractivity contribution in [3.05, 3.63) is 28.2 Å². The van der Waals surface area contributed by atoms with Crippen molar-refractivity contribution >= 4 is 33.4 Å². The van der Waals surface area contributed by atoms with Gasteiger partial charge in [-0.05, 0) is 66.2 Å². The Kier molecular flexibility index (Phi) is 3.56. The molecule has 112 valence electrons. The number of hydrogen-bond donors (Lipinski definition) is 1. The summed E-state index contributed by atoms with van der Waals surface area (Å²) in [6.07, 6.45) is 2.35. The predicted molar refractivity (Wildman–Crippen MR) is 85.1 cm³/mol. The zero-order chi connectivity index (χ0) is 15.2. The van der Waals surface area contributed by atoms with Gasteiger partial charge >= 0.3 is 0 Å². The molecule has 0 aromatic heterocycles. The van der Waals surface area contributed by atoms with Gasteiger partial charge in [-0.25, -0.2) is 0 Å². The molecule has 1 aromatic rings. The van der Waals surface area contributed by atoms with Crippen LogP contribution in [0, 0.1) is 12.8 Å². The second-order valence-electron chi connectivity index (χ2n) is 6.19. The number of benzene rings is 1. The largest absolute Gasteiger partial charge is 0.342 e. The zero-order valence-electron chi connectivity index (χ0n) is 12.3. The maximum atomic E-state index is 13.0. The van der Waals surface area contributed by atoms with Crippen molar-refractivity contribution in [1.29, 1.82) is 0 Å². The molecule has 5 heteroatoms. The van der Waals surface area contributed by atoms with Gasteiger partial charge in [-0.3, -0.25) is 9.59 Å². The highest BCUT2D eigenvalue weighted by Crippen LogP contribution is 2.42. The molecule has 2 aliphatic rings. The summed E-state index contributed by atoms with van der Waals surface area (Å²) in [5.41, 5.74) is 1.18. The van der Waals surface area contributed by atoms with E-state index in [4.69, 9.17) is 0 Å². The van der Waals surface area contributed by atoms with Crippen molar-refractivity contribution in [3.63, 3.8) is 0 Å². The first-order chi connectivity index (χ1) is 9.91. The van der Waals surface area contributed by atoms with Crippen molar-refractivity contribution in [2.24, 2.45) is 5.92 Å². The number of hydrogen-bond acceptors (Lipinski definition) is 2. The number of aryl methyl sites for hydroxylation is 1. The molecule has 0 radical (unpaired) electrons. The molecular formula is C16H19BrN2O2. The van der Waals surface area contributed by atoms with E-state index in [1.807, 2.05) is 32.0 Å². The van der Waals surface area contributed by atoms with E-state index in [2.05, 4.69) is 21.2 Å². The van der Waals surface area contributed by atoms with Gasteiger partial charge in [0.2, 0.25) is 5.91 Å². The Balaban J connectivity index is 2.02. The Morgan fingerprint density at radius 2 is 2.05 bits per heavy atom. The quantitative estimate of drug-likeness (QED) is 0.891. The van der Waals surface area contributed by atoms with Gasteiger partial charge in [0.05, 0.1) is 5.69 Å². The van der Waals surface area contributed by atoms with E-state index in [0.717, 1.165) is 28.6 Å². The number of nitrogens with one attached hydrogen (secondary N) is 1. The molecule has 1 saturated carbocycles. The third-order valence-corrected chi connectivity index (χ3v) is 5.11. The van der Waals surface area contributed by atoms with Crippen LogP contribution < -0.4 is 10.2 Å². The van der Waals surface area contributed by atoms with Crippen molar-refractivity contribution < 1.29 is 9.59 Å². The van der Waals surface area contributed by atoms with Crippen molar-refractivity contribution in [3.8, 4) is 0 Å². The minimum atomic E-state index is -0.767. The fraction of sp³-hybridized carbons (Fsp3) is 0.500. The Bertz CT molecular complexity index is 612. The minimum absolute atomic E-state index is 0.00199. The topological polar surface area (TPSA) is 49.4 Å². The molecule has 21 heavy (non-hydrogen) atoms. The van der Waals surface area contributed by atoms with Gasteiger partial charge in [0.25, 0.3) is 5.91 Å². The van der Waals surface area contributed by atoms with Crippen LogP contribution >= 0.6 is 15.9 Å². The van der Waals surface area contributed by atoms with Crippen LogP contribution in [0.2, 0.25) is 0 Å². The van der Waals surface area contributed by atoms with Gasteiger partial charge in [0.15, 0.2) is 0 Å². The van der Waals surface area contributed by atoms with E-state index in [1.165, 1.54) is 0 Å². The first-order valence-electron chi connectivity index (χ1n) is 7.31. The molecule has 4 nitrogen and oxygen atoms in total. The van der Waals surface area contributed by atoms with Crippen LogP contribution in [-0.4, -0.2) is 23.9 Å².